The first kappa shape index (κ1) is 17.3. The third-order valence-corrected chi connectivity index (χ3v) is 5.40. The Morgan fingerprint density at radius 2 is 2.04 bits per heavy atom. The summed E-state index contributed by atoms with van der Waals surface area (Å²) < 4.78 is 0. The van der Waals surface area contributed by atoms with Crippen LogP contribution in [0.15, 0.2) is 30.3 Å². The molecule has 0 radical (unpaired) electrons. The predicted octanol–water partition coefficient (Wildman–Crippen LogP) is 3.44. The molecule has 2 aliphatic rings. The fraction of sp³-hybridized carbons (Fsp3) is 0.524. The smallest absolute Gasteiger partial charge is 0.225 e. The van der Waals surface area contributed by atoms with E-state index in [0.717, 1.165) is 24.6 Å². The highest BCUT2D eigenvalue weighted by Gasteiger charge is 2.33. The second kappa shape index (κ2) is 6.54. The van der Waals surface area contributed by atoms with Crippen molar-refractivity contribution < 1.29 is 5.11 Å². The number of fused-ring (bicyclic) bond motifs is 1. The molecule has 2 N–H and O–H groups in total. The predicted molar refractivity (Wildman–Crippen MR) is 105 cm³/mol. The Labute approximate surface area is 155 Å². The topological polar surface area (TPSA) is 61.3 Å². The number of anilines is 2. The summed E-state index contributed by atoms with van der Waals surface area (Å²) in [5.74, 6) is 2.17. The molecule has 0 amide bonds. The molecule has 2 heterocycles. The van der Waals surface area contributed by atoms with Crippen LogP contribution in [0.3, 0.4) is 0 Å². The van der Waals surface area contributed by atoms with Gasteiger partial charge in [-0.2, -0.15) is 4.98 Å². The Morgan fingerprint density at radius 1 is 1.27 bits per heavy atom. The largest absolute Gasteiger partial charge is 0.394 e. The molecular formula is C21H28N4O. The summed E-state index contributed by atoms with van der Waals surface area (Å²) in [5.41, 5.74) is 4.00. The molecule has 138 valence electrons. The van der Waals surface area contributed by atoms with Crippen LogP contribution in [-0.2, 0) is 12.0 Å². The lowest BCUT2D eigenvalue weighted by Crippen LogP contribution is -2.42. The first-order valence-electron chi connectivity index (χ1n) is 9.56. The monoisotopic (exact) mass is 352 g/mol. The van der Waals surface area contributed by atoms with Gasteiger partial charge in [0.1, 0.15) is 5.82 Å². The number of hydrogen-bond acceptors (Lipinski definition) is 5. The summed E-state index contributed by atoms with van der Waals surface area (Å²) in [6.45, 7) is 8.40. The van der Waals surface area contributed by atoms with Gasteiger partial charge >= 0.3 is 0 Å². The number of aromatic nitrogens is 2. The summed E-state index contributed by atoms with van der Waals surface area (Å²) in [4.78, 5) is 11.9. The van der Waals surface area contributed by atoms with E-state index in [0.29, 0.717) is 11.9 Å². The van der Waals surface area contributed by atoms with Crippen molar-refractivity contribution in [2.45, 2.75) is 57.5 Å². The minimum Gasteiger partial charge on any atom is -0.394 e. The standard InChI is InChI=1S/C21H28N4O/c1-14(12-26)22-20-23-18(15-8-9-15)10-19(24-20)25-11-16-6-4-5-7-17(16)21(2,3)13-25/h4-7,10,14-15,26H,8-9,11-13H2,1-3H3,(H,22,23,24)/t14-/m1/s1. The Balaban J connectivity index is 1.69. The van der Waals surface area contributed by atoms with Gasteiger partial charge in [0.05, 0.1) is 12.3 Å². The first-order valence-corrected chi connectivity index (χ1v) is 9.56. The quantitative estimate of drug-likeness (QED) is 0.863. The molecule has 1 aromatic heterocycles. The van der Waals surface area contributed by atoms with Gasteiger partial charge in [-0.05, 0) is 30.9 Å². The minimum atomic E-state index is -0.0594. The molecule has 1 saturated carbocycles. The SMILES string of the molecule is C[C@H](CO)Nc1nc(C2CC2)cc(N2Cc3ccccc3C(C)(C)C2)n1. The van der Waals surface area contributed by atoms with Gasteiger partial charge in [0, 0.05) is 36.5 Å². The summed E-state index contributed by atoms with van der Waals surface area (Å²) in [7, 11) is 0. The zero-order chi connectivity index (χ0) is 18.3. The van der Waals surface area contributed by atoms with Gasteiger partial charge in [0.2, 0.25) is 5.95 Å². The van der Waals surface area contributed by atoms with Crippen molar-refractivity contribution in [1.82, 2.24) is 9.97 Å². The number of nitrogens with zero attached hydrogens (tertiary/aromatic N) is 3. The van der Waals surface area contributed by atoms with Crippen molar-refractivity contribution in [2.75, 3.05) is 23.4 Å². The average Bonchev–Trinajstić information content (AvgIpc) is 3.46. The summed E-state index contributed by atoms with van der Waals surface area (Å²) in [6.07, 6.45) is 2.42. The molecule has 0 saturated heterocycles. The third-order valence-electron chi connectivity index (χ3n) is 5.40. The summed E-state index contributed by atoms with van der Waals surface area (Å²) >= 11 is 0. The molecule has 1 aromatic carbocycles. The molecule has 0 spiro atoms. The van der Waals surface area contributed by atoms with Crippen LogP contribution in [0.4, 0.5) is 11.8 Å². The second-order valence-corrected chi connectivity index (χ2v) is 8.37. The van der Waals surface area contributed by atoms with E-state index >= 15 is 0 Å². The molecule has 0 bridgehead atoms. The molecule has 0 unspecified atom stereocenters. The van der Waals surface area contributed by atoms with Crippen molar-refractivity contribution in [3.63, 3.8) is 0 Å². The van der Waals surface area contributed by atoms with E-state index in [9.17, 15) is 5.11 Å². The van der Waals surface area contributed by atoms with Crippen LogP contribution in [0.1, 0.15) is 56.4 Å². The van der Waals surface area contributed by atoms with Crippen LogP contribution < -0.4 is 10.2 Å². The van der Waals surface area contributed by atoms with Crippen LogP contribution in [0, 0.1) is 0 Å². The lowest BCUT2D eigenvalue weighted by Gasteiger charge is -2.40. The van der Waals surface area contributed by atoms with Gasteiger partial charge in [-0.3, -0.25) is 0 Å². The maximum absolute atomic E-state index is 9.35. The van der Waals surface area contributed by atoms with Crippen molar-refractivity contribution >= 4 is 11.8 Å². The highest BCUT2D eigenvalue weighted by atomic mass is 16.3. The van der Waals surface area contributed by atoms with Gasteiger partial charge < -0.3 is 15.3 Å². The Bertz CT molecular complexity index is 800. The first-order chi connectivity index (χ1) is 12.5. The van der Waals surface area contributed by atoms with Gasteiger partial charge in [-0.15, -0.1) is 0 Å². The second-order valence-electron chi connectivity index (χ2n) is 8.37. The normalized spacial score (nSPS) is 19.8. The van der Waals surface area contributed by atoms with E-state index in [1.807, 2.05) is 6.92 Å². The average molecular weight is 352 g/mol. The van der Waals surface area contributed by atoms with E-state index in [4.69, 9.17) is 9.97 Å². The Kier molecular flexibility index (Phi) is 4.35. The summed E-state index contributed by atoms with van der Waals surface area (Å²) in [6, 6.07) is 10.8. The third kappa shape index (κ3) is 3.40. The number of aliphatic hydroxyl groups is 1. The maximum atomic E-state index is 9.35. The molecule has 1 atom stereocenters. The van der Waals surface area contributed by atoms with Gasteiger partial charge in [-0.25, -0.2) is 4.98 Å². The zero-order valence-corrected chi connectivity index (χ0v) is 15.9. The highest BCUT2D eigenvalue weighted by molar-refractivity contribution is 5.51. The molecular weight excluding hydrogens is 324 g/mol. The molecule has 5 nitrogen and oxygen atoms in total. The van der Waals surface area contributed by atoms with Crippen LogP contribution in [-0.4, -0.2) is 34.3 Å². The lowest BCUT2D eigenvalue weighted by atomic mass is 9.78. The molecule has 1 fully saturated rings. The molecule has 1 aliphatic carbocycles. The number of aliphatic hydroxyl groups excluding tert-OH is 1. The van der Waals surface area contributed by atoms with Crippen molar-refractivity contribution in [3.8, 4) is 0 Å². The number of rotatable bonds is 5. The van der Waals surface area contributed by atoms with E-state index in [2.05, 4.69) is 54.4 Å². The minimum absolute atomic E-state index is 0.0594. The zero-order valence-electron chi connectivity index (χ0n) is 15.9. The highest BCUT2D eigenvalue weighted by Crippen LogP contribution is 2.41. The van der Waals surface area contributed by atoms with Crippen LogP contribution in [0.5, 0.6) is 0 Å². The fourth-order valence-electron chi connectivity index (χ4n) is 3.84. The van der Waals surface area contributed by atoms with Gasteiger partial charge in [0.25, 0.3) is 0 Å². The molecule has 4 rings (SSSR count). The molecule has 5 heteroatoms. The van der Waals surface area contributed by atoms with Crippen molar-refractivity contribution in [3.05, 3.63) is 47.2 Å². The molecule has 2 aromatic rings. The van der Waals surface area contributed by atoms with Crippen LogP contribution in [0.2, 0.25) is 0 Å². The van der Waals surface area contributed by atoms with E-state index < -0.39 is 0 Å². The van der Waals surface area contributed by atoms with Crippen molar-refractivity contribution in [2.24, 2.45) is 0 Å². The number of hydrogen-bond donors (Lipinski definition) is 2. The van der Waals surface area contributed by atoms with Gasteiger partial charge in [0.15, 0.2) is 0 Å². The Hall–Kier alpha value is -2.14. The van der Waals surface area contributed by atoms with Crippen LogP contribution >= 0.6 is 0 Å². The van der Waals surface area contributed by atoms with Crippen molar-refractivity contribution in [1.29, 1.82) is 0 Å². The summed E-state index contributed by atoms with van der Waals surface area (Å²) in [5, 5.41) is 12.6. The maximum Gasteiger partial charge on any atom is 0.225 e. The van der Waals surface area contributed by atoms with Gasteiger partial charge in [-0.1, -0.05) is 38.1 Å². The fourth-order valence-corrected chi connectivity index (χ4v) is 3.84. The molecule has 26 heavy (non-hydrogen) atoms. The van der Waals surface area contributed by atoms with E-state index in [1.165, 1.54) is 24.0 Å². The Morgan fingerprint density at radius 3 is 2.77 bits per heavy atom. The lowest BCUT2D eigenvalue weighted by molar-refractivity contribution is 0.281. The number of benzene rings is 1. The van der Waals surface area contributed by atoms with E-state index in [1.54, 1.807) is 0 Å². The molecule has 1 aliphatic heterocycles. The number of nitrogens with one attached hydrogen (secondary N) is 1. The van der Waals surface area contributed by atoms with Crippen LogP contribution in [0.25, 0.3) is 0 Å². The van der Waals surface area contributed by atoms with E-state index in [-0.39, 0.29) is 18.1 Å².